The quantitative estimate of drug-likeness (QED) is 0.469. The third-order valence-corrected chi connectivity index (χ3v) is 2.59. The monoisotopic (exact) mass is 296 g/mol. The summed E-state index contributed by atoms with van der Waals surface area (Å²) in [5.41, 5.74) is -0.337. The molecule has 0 saturated heterocycles. The highest BCUT2D eigenvalue weighted by molar-refractivity contribution is 5.79. The summed E-state index contributed by atoms with van der Waals surface area (Å²) in [7, 11) is 0. The Bertz CT molecular complexity index is 638. The van der Waals surface area contributed by atoms with Crippen molar-refractivity contribution in [3.63, 3.8) is 0 Å². The minimum absolute atomic E-state index is 0.113. The van der Waals surface area contributed by atoms with E-state index < -0.39 is 17.6 Å². The van der Waals surface area contributed by atoms with Crippen LogP contribution in [0.25, 0.3) is 0 Å². The number of benzene rings is 2. The maximum absolute atomic E-state index is 13.2. The molecule has 2 aromatic rings. The molecular weight excluding hydrogens is 286 g/mol. The Morgan fingerprint density at radius 3 is 2.52 bits per heavy atom. The van der Waals surface area contributed by atoms with Gasteiger partial charge in [0.2, 0.25) is 0 Å². The fraction of sp³-hybridized carbons (Fsp3) is 0.133. The average Bonchev–Trinajstić information content (AvgIpc) is 2.45. The largest absolute Gasteiger partial charge is 0.416 e. The summed E-state index contributed by atoms with van der Waals surface area (Å²) >= 11 is 0. The van der Waals surface area contributed by atoms with E-state index in [1.165, 1.54) is 30.3 Å². The summed E-state index contributed by atoms with van der Waals surface area (Å²) < 4.78 is 50.7. The molecule has 0 saturated carbocycles. The van der Waals surface area contributed by atoms with Crippen molar-refractivity contribution in [1.29, 1.82) is 0 Å². The minimum atomic E-state index is -4.40. The van der Waals surface area contributed by atoms with Gasteiger partial charge in [-0.2, -0.15) is 13.2 Å². The van der Waals surface area contributed by atoms with Crippen molar-refractivity contribution in [3.8, 4) is 0 Å². The highest BCUT2D eigenvalue weighted by atomic mass is 19.4. The molecule has 6 heteroatoms. The van der Waals surface area contributed by atoms with Crippen LogP contribution in [0, 0.1) is 5.82 Å². The molecule has 0 spiro atoms. The van der Waals surface area contributed by atoms with E-state index in [9.17, 15) is 17.6 Å². The number of nitrogens with zero attached hydrogens (tertiary/aromatic N) is 1. The Balaban J connectivity index is 1.97. The zero-order valence-corrected chi connectivity index (χ0v) is 10.7. The van der Waals surface area contributed by atoms with Crippen LogP contribution < -0.4 is 0 Å². The summed E-state index contributed by atoms with van der Waals surface area (Å²) in [5.74, 6) is -0.510. The molecule has 2 rings (SSSR count). The summed E-state index contributed by atoms with van der Waals surface area (Å²) in [6.07, 6.45) is -2.07. The van der Waals surface area contributed by atoms with Crippen LogP contribution in [0.4, 0.5) is 17.6 Å². The Labute approximate surface area is 118 Å². The standard InChI is InChI=1S/C15H10F4NO/c16-14-7-2-1-5-12(14)9-20-21-10-11-4-3-6-13(8-11)15(17,18)19/h1-8H,10H2. The first-order chi connectivity index (χ1) is 9.97. The zero-order valence-electron chi connectivity index (χ0n) is 10.7. The molecule has 0 fully saturated rings. The van der Waals surface area contributed by atoms with E-state index in [4.69, 9.17) is 4.84 Å². The van der Waals surface area contributed by atoms with Gasteiger partial charge in [0.1, 0.15) is 18.6 Å². The molecule has 0 N–H and O–H groups in total. The molecule has 21 heavy (non-hydrogen) atoms. The predicted molar refractivity (Wildman–Crippen MR) is 69.2 cm³/mol. The van der Waals surface area contributed by atoms with E-state index >= 15 is 0 Å². The van der Waals surface area contributed by atoms with Crippen molar-refractivity contribution in [2.75, 3.05) is 0 Å². The van der Waals surface area contributed by atoms with E-state index in [0.717, 1.165) is 12.1 Å². The number of halogens is 4. The molecule has 0 aliphatic heterocycles. The summed E-state index contributed by atoms with van der Waals surface area (Å²) in [5, 5.41) is 3.42. The van der Waals surface area contributed by atoms with Gasteiger partial charge < -0.3 is 4.84 Å². The average molecular weight is 296 g/mol. The second-order valence-electron chi connectivity index (χ2n) is 4.15. The van der Waals surface area contributed by atoms with Crippen LogP contribution in [0.3, 0.4) is 0 Å². The van der Waals surface area contributed by atoms with Crippen LogP contribution in [0.1, 0.15) is 16.7 Å². The van der Waals surface area contributed by atoms with Crippen LogP contribution >= 0.6 is 0 Å². The molecular formula is C15H10F4NO. The van der Waals surface area contributed by atoms with E-state index in [1.807, 2.05) is 0 Å². The van der Waals surface area contributed by atoms with E-state index in [-0.39, 0.29) is 12.2 Å². The smallest absolute Gasteiger partial charge is 0.390 e. The van der Waals surface area contributed by atoms with Crippen molar-refractivity contribution >= 4 is 6.21 Å². The van der Waals surface area contributed by atoms with Gasteiger partial charge in [-0.1, -0.05) is 29.4 Å². The minimum Gasteiger partial charge on any atom is -0.390 e. The molecule has 0 aliphatic carbocycles. The lowest BCUT2D eigenvalue weighted by atomic mass is 10.1. The summed E-state index contributed by atoms with van der Waals surface area (Å²) in [6, 6.07) is 10.5. The maximum atomic E-state index is 13.2. The van der Waals surface area contributed by atoms with Crippen molar-refractivity contribution in [3.05, 3.63) is 71.0 Å². The Hall–Kier alpha value is -2.37. The first kappa shape index (κ1) is 15.0. The molecule has 0 unspecified atom stereocenters. The lowest BCUT2D eigenvalue weighted by Gasteiger charge is -2.07. The maximum Gasteiger partial charge on any atom is 0.416 e. The molecule has 0 aliphatic rings. The fourth-order valence-corrected chi connectivity index (χ4v) is 1.58. The third-order valence-electron chi connectivity index (χ3n) is 2.59. The molecule has 2 nitrogen and oxygen atoms in total. The fourth-order valence-electron chi connectivity index (χ4n) is 1.58. The topological polar surface area (TPSA) is 21.6 Å². The van der Waals surface area contributed by atoms with E-state index in [2.05, 4.69) is 11.4 Å². The number of hydrogen-bond donors (Lipinski definition) is 0. The van der Waals surface area contributed by atoms with Crippen LogP contribution in [0.15, 0.2) is 53.7 Å². The van der Waals surface area contributed by atoms with Gasteiger partial charge in [0.25, 0.3) is 0 Å². The Kier molecular flexibility index (Phi) is 4.57. The predicted octanol–water partition coefficient (Wildman–Crippen LogP) is 4.27. The number of alkyl halides is 3. The van der Waals surface area contributed by atoms with Crippen molar-refractivity contribution in [2.24, 2.45) is 5.16 Å². The highest BCUT2D eigenvalue weighted by Crippen LogP contribution is 2.29. The highest BCUT2D eigenvalue weighted by Gasteiger charge is 2.30. The molecule has 109 valence electrons. The first-order valence-corrected chi connectivity index (χ1v) is 5.95. The normalized spacial score (nSPS) is 11.8. The lowest BCUT2D eigenvalue weighted by Crippen LogP contribution is -2.05. The van der Waals surface area contributed by atoms with Gasteiger partial charge >= 0.3 is 6.18 Å². The molecule has 0 atom stereocenters. The van der Waals surface area contributed by atoms with Crippen molar-refractivity contribution in [1.82, 2.24) is 0 Å². The molecule has 0 heterocycles. The van der Waals surface area contributed by atoms with Crippen LogP contribution in [0.2, 0.25) is 0 Å². The van der Waals surface area contributed by atoms with Gasteiger partial charge in [-0.05, 0) is 29.8 Å². The van der Waals surface area contributed by atoms with E-state index in [1.54, 1.807) is 6.07 Å². The molecule has 2 aromatic carbocycles. The van der Waals surface area contributed by atoms with Crippen molar-refractivity contribution in [2.45, 2.75) is 12.8 Å². The number of hydrogen-bond acceptors (Lipinski definition) is 2. The number of rotatable bonds is 4. The molecule has 0 amide bonds. The van der Waals surface area contributed by atoms with Crippen LogP contribution in [0.5, 0.6) is 0 Å². The molecule has 1 radical (unpaired) electrons. The summed E-state index contributed by atoms with van der Waals surface area (Å²) in [6.45, 7) is -0.161. The van der Waals surface area contributed by atoms with Crippen molar-refractivity contribution < 1.29 is 22.4 Å². The van der Waals surface area contributed by atoms with Crippen LogP contribution in [-0.2, 0) is 17.6 Å². The molecule has 0 aromatic heterocycles. The Morgan fingerprint density at radius 1 is 1.05 bits per heavy atom. The SMILES string of the molecule is Fc1ccccc1/[C]=N\OCc1cccc(C(F)(F)F)c1. The van der Waals surface area contributed by atoms with Gasteiger partial charge in [-0.15, -0.1) is 0 Å². The second-order valence-corrected chi connectivity index (χ2v) is 4.15. The van der Waals surface area contributed by atoms with Crippen LogP contribution in [-0.4, -0.2) is 6.21 Å². The summed E-state index contributed by atoms with van der Waals surface area (Å²) in [4.78, 5) is 4.83. The third kappa shape index (κ3) is 4.30. The first-order valence-electron chi connectivity index (χ1n) is 5.95. The van der Waals surface area contributed by atoms with Gasteiger partial charge in [-0.25, -0.2) is 4.39 Å². The van der Waals surface area contributed by atoms with Gasteiger partial charge in [0, 0.05) is 5.56 Å². The zero-order chi connectivity index (χ0) is 15.3. The molecule has 0 bridgehead atoms. The van der Waals surface area contributed by atoms with Gasteiger partial charge in [-0.3, -0.25) is 0 Å². The van der Waals surface area contributed by atoms with E-state index in [0.29, 0.717) is 5.56 Å². The Morgan fingerprint density at radius 2 is 1.81 bits per heavy atom. The van der Waals surface area contributed by atoms with Gasteiger partial charge in [0.15, 0.2) is 0 Å². The van der Waals surface area contributed by atoms with Gasteiger partial charge in [0.05, 0.1) is 5.56 Å². The second kappa shape index (κ2) is 6.39. The lowest BCUT2D eigenvalue weighted by molar-refractivity contribution is -0.137.